The molecular weight excluding hydrogens is 264 g/mol. The van der Waals surface area contributed by atoms with E-state index in [1.54, 1.807) is 30.5 Å². The summed E-state index contributed by atoms with van der Waals surface area (Å²) in [4.78, 5) is 18.6. The molecule has 21 heavy (non-hydrogen) atoms. The molecule has 1 aliphatic rings. The van der Waals surface area contributed by atoms with Crippen LogP contribution in [0.1, 0.15) is 42.4 Å². The predicted molar refractivity (Wildman–Crippen MR) is 79.6 cm³/mol. The number of fused-ring (bicyclic) bond motifs is 1. The number of rotatable bonds is 1. The zero-order valence-corrected chi connectivity index (χ0v) is 12.4. The van der Waals surface area contributed by atoms with Crippen LogP contribution in [0.3, 0.4) is 0 Å². The minimum atomic E-state index is -1.53. The second-order valence-corrected chi connectivity index (χ2v) is 6.24. The van der Waals surface area contributed by atoms with Gasteiger partial charge >= 0.3 is 0 Å². The van der Waals surface area contributed by atoms with Gasteiger partial charge in [0.05, 0.1) is 5.69 Å². The number of nitrogens with zero attached hydrogens (tertiary/aromatic N) is 2. The lowest BCUT2D eigenvalue weighted by Gasteiger charge is -2.42. The maximum atomic E-state index is 12.8. The van der Waals surface area contributed by atoms with Crippen LogP contribution >= 0.6 is 0 Å². The van der Waals surface area contributed by atoms with Gasteiger partial charge in [-0.3, -0.25) is 14.7 Å². The van der Waals surface area contributed by atoms with Crippen LogP contribution in [0, 0.1) is 0 Å². The van der Waals surface area contributed by atoms with Crippen LogP contribution in [0.4, 0.5) is 0 Å². The smallest absolute Gasteiger partial charge is 0.257 e. The quantitative estimate of drug-likeness (QED) is 0.874. The van der Waals surface area contributed by atoms with E-state index in [-0.39, 0.29) is 5.91 Å². The summed E-state index contributed by atoms with van der Waals surface area (Å²) in [5, 5.41) is 11.4. The summed E-state index contributed by atoms with van der Waals surface area (Å²) < 4.78 is 0. The summed E-state index contributed by atoms with van der Waals surface area (Å²) in [6.07, 6.45) is 1.62. The van der Waals surface area contributed by atoms with Gasteiger partial charge in [-0.25, -0.2) is 0 Å². The van der Waals surface area contributed by atoms with Crippen molar-refractivity contribution < 1.29 is 9.90 Å². The highest BCUT2D eigenvalue weighted by Crippen LogP contribution is 2.44. The lowest BCUT2D eigenvalue weighted by Crippen LogP contribution is -2.54. The highest BCUT2D eigenvalue weighted by molar-refractivity contribution is 6.00. The summed E-state index contributed by atoms with van der Waals surface area (Å²) in [5.41, 5.74) is -0.502. The van der Waals surface area contributed by atoms with Crippen LogP contribution in [0.2, 0.25) is 0 Å². The zero-order chi connectivity index (χ0) is 15.3. The lowest BCUT2D eigenvalue weighted by molar-refractivity contribution is -0.0904. The Morgan fingerprint density at radius 2 is 1.76 bits per heavy atom. The number of aromatic nitrogens is 1. The highest BCUT2D eigenvalue weighted by atomic mass is 16.3. The summed E-state index contributed by atoms with van der Waals surface area (Å²) >= 11 is 0. The molecule has 108 valence electrons. The van der Waals surface area contributed by atoms with Crippen molar-refractivity contribution in [3.05, 3.63) is 65.5 Å². The van der Waals surface area contributed by atoms with Gasteiger partial charge in [0.1, 0.15) is 0 Å². The van der Waals surface area contributed by atoms with E-state index in [1.165, 1.54) is 4.90 Å². The number of aliphatic hydroxyl groups is 1. The van der Waals surface area contributed by atoms with E-state index in [1.807, 2.05) is 39.0 Å². The molecule has 1 N–H and O–H groups in total. The normalized spacial score (nSPS) is 21.5. The number of pyridine rings is 1. The fourth-order valence-corrected chi connectivity index (χ4v) is 2.97. The number of amides is 1. The Morgan fingerprint density at radius 1 is 1.10 bits per heavy atom. The predicted octanol–water partition coefficient (Wildman–Crippen LogP) is 2.53. The molecule has 0 spiro atoms. The second-order valence-electron chi connectivity index (χ2n) is 6.24. The molecule has 4 heteroatoms. The van der Waals surface area contributed by atoms with Gasteiger partial charge in [-0.05, 0) is 39.0 Å². The van der Waals surface area contributed by atoms with Gasteiger partial charge in [-0.2, -0.15) is 0 Å². The Morgan fingerprint density at radius 3 is 2.38 bits per heavy atom. The fraction of sp³-hybridized carbons (Fsp3) is 0.294. The van der Waals surface area contributed by atoms with Crippen molar-refractivity contribution in [2.24, 2.45) is 0 Å². The van der Waals surface area contributed by atoms with Crippen molar-refractivity contribution in [3.8, 4) is 0 Å². The molecule has 0 bridgehead atoms. The van der Waals surface area contributed by atoms with Crippen molar-refractivity contribution in [2.45, 2.75) is 32.0 Å². The summed E-state index contributed by atoms with van der Waals surface area (Å²) in [6, 6.07) is 12.5. The molecule has 1 aromatic carbocycles. The first-order chi connectivity index (χ1) is 9.87. The topological polar surface area (TPSA) is 53.4 Å². The van der Waals surface area contributed by atoms with Crippen LogP contribution in [-0.2, 0) is 5.72 Å². The van der Waals surface area contributed by atoms with E-state index in [4.69, 9.17) is 0 Å². The van der Waals surface area contributed by atoms with Gasteiger partial charge in [0.15, 0.2) is 0 Å². The van der Waals surface area contributed by atoms with Crippen molar-refractivity contribution in [1.82, 2.24) is 9.88 Å². The molecule has 3 rings (SSSR count). The third-order valence-corrected chi connectivity index (χ3v) is 3.75. The number of carbonyl (C=O) groups excluding carboxylic acids is 1. The molecule has 0 fully saturated rings. The third-order valence-electron chi connectivity index (χ3n) is 3.75. The highest BCUT2D eigenvalue weighted by Gasteiger charge is 2.54. The van der Waals surface area contributed by atoms with E-state index in [0.29, 0.717) is 16.8 Å². The molecule has 4 nitrogen and oxygen atoms in total. The van der Waals surface area contributed by atoms with Crippen LogP contribution in [-0.4, -0.2) is 26.4 Å². The zero-order valence-electron chi connectivity index (χ0n) is 12.4. The monoisotopic (exact) mass is 282 g/mol. The average molecular weight is 282 g/mol. The first-order valence-electron chi connectivity index (χ1n) is 6.95. The number of carbonyl (C=O) groups is 1. The number of benzene rings is 1. The molecule has 1 atom stereocenters. The molecule has 0 radical (unpaired) electrons. The van der Waals surface area contributed by atoms with E-state index in [9.17, 15) is 9.90 Å². The minimum absolute atomic E-state index is 0.175. The van der Waals surface area contributed by atoms with Crippen molar-refractivity contribution in [3.63, 3.8) is 0 Å². The van der Waals surface area contributed by atoms with Crippen LogP contribution < -0.4 is 0 Å². The summed E-state index contributed by atoms with van der Waals surface area (Å²) in [5.74, 6) is -0.175. The van der Waals surface area contributed by atoms with Gasteiger partial charge in [-0.1, -0.05) is 24.3 Å². The summed E-state index contributed by atoms with van der Waals surface area (Å²) in [7, 11) is 0. The minimum Gasteiger partial charge on any atom is -0.362 e. The van der Waals surface area contributed by atoms with Crippen molar-refractivity contribution in [2.75, 3.05) is 0 Å². The lowest BCUT2D eigenvalue weighted by atomic mass is 9.95. The molecular formula is C17H18N2O2. The maximum Gasteiger partial charge on any atom is 0.257 e. The van der Waals surface area contributed by atoms with Crippen molar-refractivity contribution in [1.29, 1.82) is 0 Å². The molecule has 0 saturated heterocycles. The van der Waals surface area contributed by atoms with Gasteiger partial charge in [0, 0.05) is 22.9 Å². The van der Waals surface area contributed by atoms with E-state index in [2.05, 4.69) is 4.98 Å². The first-order valence-corrected chi connectivity index (χ1v) is 6.95. The van der Waals surface area contributed by atoms with Crippen LogP contribution in [0.25, 0.3) is 0 Å². The van der Waals surface area contributed by atoms with Gasteiger partial charge < -0.3 is 5.11 Å². The van der Waals surface area contributed by atoms with Gasteiger partial charge in [-0.15, -0.1) is 0 Å². The van der Waals surface area contributed by atoms with Crippen molar-refractivity contribution >= 4 is 5.91 Å². The Hall–Kier alpha value is -2.20. The first kappa shape index (κ1) is 13.8. The number of hydrogen-bond donors (Lipinski definition) is 1. The van der Waals surface area contributed by atoms with Gasteiger partial charge in [0.2, 0.25) is 5.72 Å². The molecule has 1 amide bonds. The standard InChI is InChI=1S/C17H18N2O2/c1-16(2,3)19-15(20)12-8-4-5-9-13(12)17(19,21)14-10-6-7-11-18-14/h4-11,21H,1-3H3/t17-/m0/s1. The largest absolute Gasteiger partial charge is 0.362 e. The van der Waals surface area contributed by atoms with E-state index < -0.39 is 11.3 Å². The molecule has 0 saturated carbocycles. The molecule has 2 aromatic rings. The summed E-state index contributed by atoms with van der Waals surface area (Å²) in [6.45, 7) is 5.72. The Kier molecular flexibility index (Phi) is 2.88. The van der Waals surface area contributed by atoms with Gasteiger partial charge in [0.25, 0.3) is 5.91 Å². The molecule has 1 aliphatic heterocycles. The molecule has 2 heterocycles. The number of hydrogen-bond acceptors (Lipinski definition) is 3. The Balaban J connectivity index is 2.31. The SMILES string of the molecule is CC(C)(C)N1C(=O)c2ccccc2[C@]1(O)c1ccccn1. The molecule has 0 aliphatic carbocycles. The second kappa shape index (κ2) is 4.40. The third kappa shape index (κ3) is 1.87. The molecule has 0 unspecified atom stereocenters. The maximum absolute atomic E-state index is 12.8. The van der Waals surface area contributed by atoms with E-state index in [0.717, 1.165) is 0 Å². The molecule has 1 aromatic heterocycles. The van der Waals surface area contributed by atoms with Crippen LogP contribution in [0.15, 0.2) is 48.7 Å². The fourth-order valence-electron chi connectivity index (χ4n) is 2.97. The average Bonchev–Trinajstić information content (AvgIpc) is 2.70. The van der Waals surface area contributed by atoms with Crippen LogP contribution in [0.5, 0.6) is 0 Å². The van der Waals surface area contributed by atoms with E-state index >= 15 is 0 Å². The Bertz CT molecular complexity index is 691. The Labute approximate surface area is 124 Å².